The smallest absolute Gasteiger partial charge is 0.193 e. The van der Waals surface area contributed by atoms with E-state index in [2.05, 4.69) is 64.3 Å². The number of aliphatic imine (C=N–C) groups is 1. The van der Waals surface area contributed by atoms with Gasteiger partial charge in [0.2, 0.25) is 0 Å². The van der Waals surface area contributed by atoms with Crippen molar-refractivity contribution in [2.75, 3.05) is 27.2 Å². The van der Waals surface area contributed by atoms with E-state index < -0.39 is 0 Å². The van der Waals surface area contributed by atoms with Gasteiger partial charge < -0.3 is 15.2 Å². The zero-order chi connectivity index (χ0) is 16.5. The van der Waals surface area contributed by atoms with E-state index in [1.807, 2.05) is 13.1 Å². The number of fused-ring (bicyclic) bond motifs is 1. The van der Waals surface area contributed by atoms with Crippen molar-refractivity contribution in [1.82, 2.24) is 15.2 Å². The van der Waals surface area contributed by atoms with Gasteiger partial charge in [-0.05, 0) is 37.3 Å². The van der Waals surface area contributed by atoms with Crippen LogP contribution in [0.2, 0.25) is 0 Å². The van der Waals surface area contributed by atoms with Crippen LogP contribution in [0.25, 0.3) is 10.9 Å². The number of allylic oxidation sites excluding steroid dienone is 1. The largest absolute Gasteiger partial charge is 0.361 e. The number of rotatable bonds is 8. The van der Waals surface area contributed by atoms with Crippen LogP contribution in [0, 0.1) is 0 Å². The lowest BCUT2D eigenvalue weighted by atomic mass is 10.1. The summed E-state index contributed by atoms with van der Waals surface area (Å²) in [5.74, 6) is 0.966. The predicted molar refractivity (Wildman–Crippen MR) is 115 cm³/mol. The van der Waals surface area contributed by atoms with Gasteiger partial charge in [0.25, 0.3) is 0 Å². The lowest BCUT2D eigenvalue weighted by Crippen LogP contribution is -2.39. The topological polar surface area (TPSA) is 43.4 Å². The molecule has 0 aliphatic heterocycles. The minimum absolute atomic E-state index is 0. The predicted octanol–water partition coefficient (Wildman–Crippen LogP) is 4.19. The first-order valence-corrected chi connectivity index (χ1v) is 8.34. The molecular formula is C19H29IN4. The van der Waals surface area contributed by atoms with E-state index in [1.54, 1.807) is 0 Å². The zero-order valence-electron chi connectivity index (χ0n) is 14.7. The van der Waals surface area contributed by atoms with Crippen LogP contribution < -0.4 is 5.32 Å². The van der Waals surface area contributed by atoms with Crippen LogP contribution in [0.5, 0.6) is 0 Å². The van der Waals surface area contributed by atoms with Gasteiger partial charge >= 0.3 is 0 Å². The number of aryl methyl sites for hydroxylation is 1. The molecule has 0 bridgehead atoms. The zero-order valence-corrected chi connectivity index (χ0v) is 17.0. The van der Waals surface area contributed by atoms with E-state index in [0.717, 1.165) is 44.7 Å². The monoisotopic (exact) mass is 440 g/mol. The summed E-state index contributed by atoms with van der Waals surface area (Å²) < 4.78 is 0. The van der Waals surface area contributed by atoms with Gasteiger partial charge in [-0.1, -0.05) is 24.3 Å². The molecule has 2 rings (SSSR count). The minimum atomic E-state index is 0. The van der Waals surface area contributed by atoms with Gasteiger partial charge in [0.05, 0.1) is 0 Å². The summed E-state index contributed by atoms with van der Waals surface area (Å²) in [5, 5.41) is 4.78. The van der Waals surface area contributed by atoms with Gasteiger partial charge in [0, 0.05) is 44.3 Å². The van der Waals surface area contributed by atoms with Gasteiger partial charge in [-0.3, -0.25) is 4.99 Å². The molecule has 0 amide bonds. The number of para-hydroxylation sites is 1. The maximum Gasteiger partial charge on any atom is 0.193 e. The van der Waals surface area contributed by atoms with E-state index in [0.29, 0.717) is 0 Å². The molecule has 24 heavy (non-hydrogen) atoms. The number of halogens is 1. The van der Waals surface area contributed by atoms with Crippen LogP contribution in [0.15, 0.2) is 48.1 Å². The number of guanidine groups is 1. The normalized spacial score (nSPS) is 11.2. The molecule has 0 aliphatic carbocycles. The van der Waals surface area contributed by atoms with Crippen molar-refractivity contribution in [3.63, 3.8) is 0 Å². The Kier molecular flexibility index (Phi) is 9.52. The van der Waals surface area contributed by atoms with Crippen molar-refractivity contribution < 1.29 is 0 Å². The van der Waals surface area contributed by atoms with Crippen LogP contribution in [-0.4, -0.2) is 43.0 Å². The lowest BCUT2D eigenvalue weighted by molar-refractivity contribution is 0.469. The van der Waals surface area contributed by atoms with Crippen molar-refractivity contribution in [2.24, 2.45) is 4.99 Å². The third kappa shape index (κ3) is 5.85. The summed E-state index contributed by atoms with van der Waals surface area (Å²) in [4.78, 5) is 9.86. The van der Waals surface area contributed by atoms with Crippen molar-refractivity contribution in [3.05, 3.63) is 48.7 Å². The number of nitrogens with zero attached hydrogens (tertiary/aromatic N) is 2. The average molecular weight is 440 g/mol. The second-order valence-corrected chi connectivity index (χ2v) is 5.79. The Morgan fingerprint density at radius 2 is 2.12 bits per heavy atom. The molecule has 5 heteroatoms. The summed E-state index contributed by atoms with van der Waals surface area (Å²) in [5.41, 5.74) is 2.60. The van der Waals surface area contributed by atoms with Crippen LogP contribution in [0.3, 0.4) is 0 Å². The highest BCUT2D eigenvalue weighted by atomic mass is 127. The molecule has 0 saturated carbocycles. The van der Waals surface area contributed by atoms with Crippen LogP contribution in [0.1, 0.15) is 24.8 Å². The minimum Gasteiger partial charge on any atom is -0.361 e. The maximum atomic E-state index is 4.35. The van der Waals surface area contributed by atoms with Crippen LogP contribution >= 0.6 is 24.0 Å². The fourth-order valence-corrected chi connectivity index (χ4v) is 2.78. The number of aromatic nitrogens is 1. The molecule has 2 N–H and O–H groups in total. The van der Waals surface area contributed by atoms with Gasteiger partial charge in [-0.25, -0.2) is 0 Å². The van der Waals surface area contributed by atoms with Crippen molar-refractivity contribution in [1.29, 1.82) is 0 Å². The number of hydrogen-bond acceptors (Lipinski definition) is 1. The van der Waals surface area contributed by atoms with Crippen LogP contribution in [-0.2, 0) is 6.42 Å². The highest BCUT2D eigenvalue weighted by Gasteiger charge is 2.05. The molecular weight excluding hydrogens is 411 g/mol. The number of unbranched alkanes of at least 4 members (excludes halogenated alkanes) is 1. The fraction of sp³-hybridized carbons (Fsp3) is 0.421. The first-order chi connectivity index (χ1) is 11.3. The van der Waals surface area contributed by atoms with E-state index in [4.69, 9.17) is 0 Å². The molecule has 1 aromatic heterocycles. The average Bonchev–Trinajstić information content (AvgIpc) is 2.98. The first-order valence-electron chi connectivity index (χ1n) is 8.34. The van der Waals surface area contributed by atoms with Crippen molar-refractivity contribution in [3.8, 4) is 0 Å². The number of aromatic amines is 1. The van der Waals surface area contributed by atoms with E-state index in [-0.39, 0.29) is 24.0 Å². The Hall–Kier alpha value is -1.50. The first kappa shape index (κ1) is 20.5. The Morgan fingerprint density at radius 1 is 1.33 bits per heavy atom. The third-order valence-electron chi connectivity index (χ3n) is 4.06. The molecule has 0 aliphatic rings. The summed E-state index contributed by atoms with van der Waals surface area (Å²) >= 11 is 0. The molecule has 0 radical (unpaired) electrons. The highest BCUT2D eigenvalue weighted by Crippen LogP contribution is 2.18. The number of benzene rings is 1. The van der Waals surface area contributed by atoms with Crippen molar-refractivity contribution in [2.45, 2.75) is 25.7 Å². The molecule has 132 valence electrons. The standard InChI is InChI=1S/C19H28N4.HI/c1-4-5-8-14-23(3)19(20-2)21-13-9-10-16-15-22-18-12-7-6-11-17(16)18;/h4,6-7,11-12,15,22H,1,5,8-10,13-14H2,2-3H3,(H,20,21);1H. The Morgan fingerprint density at radius 3 is 2.88 bits per heavy atom. The second kappa shape index (κ2) is 11.1. The Bertz CT molecular complexity index is 648. The van der Waals surface area contributed by atoms with E-state index in [1.165, 1.54) is 16.5 Å². The summed E-state index contributed by atoms with van der Waals surface area (Å²) in [6, 6.07) is 8.46. The Labute approximate surface area is 162 Å². The molecule has 0 unspecified atom stereocenters. The quantitative estimate of drug-likeness (QED) is 0.213. The number of H-pyrrole nitrogens is 1. The second-order valence-electron chi connectivity index (χ2n) is 5.79. The molecule has 2 aromatic rings. The number of hydrogen-bond donors (Lipinski definition) is 2. The SMILES string of the molecule is C=CCCCN(C)C(=NC)NCCCc1c[nH]c2ccccc12.I. The molecule has 4 nitrogen and oxygen atoms in total. The van der Waals surface area contributed by atoms with Gasteiger partial charge in [0.15, 0.2) is 5.96 Å². The fourth-order valence-electron chi connectivity index (χ4n) is 2.78. The van der Waals surface area contributed by atoms with Crippen LogP contribution in [0.4, 0.5) is 0 Å². The van der Waals surface area contributed by atoms with E-state index >= 15 is 0 Å². The van der Waals surface area contributed by atoms with Crippen molar-refractivity contribution >= 4 is 40.8 Å². The molecule has 0 atom stereocenters. The molecule has 0 spiro atoms. The lowest BCUT2D eigenvalue weighted by Gasteiger charge is -2.21. The van der Waals surface area contributed by atoms with Gasteiger partial charge in [-0.15, -0.1) is 30.6 Å². The molecule has 0 saturated heterocycles. The Balaban J connectivity index is 0.00000288. The summed E-state index contributed by atoms with van der Waals surface area (Å²) in [6.07, 6.45) is 8.39. The van der Waals surface area contributed by atoms with Gasteiger partial charge in [-0.2, -0.15) is 0 Å². The number of nitrogens with one attached hydrogen (secondary N) is 2. The van der Waals surface area contributed by atoms with E-state index in [9.17, 15) is 0 Å². The maximum absolute atomic E-state index is 4.35. The summed E-state index contributed by atoms with van der Waals surface area (Å²) in [7, 11) is 3.92. The highest BCUT2D eigenvalue weighted by molar-refractivity contribution is 14.0. The summed E-state index contributed by atoms with van der Waals surface area (Å²) in [6.45, 7) is 5.68. The third-order valence-corrected chi connectivity index (χ3v) is 4.06. The molecule has 1 aromatic carbocycles. The molecule has 0 fully saturated rings. The van der Waals surface area contributed by atoms with Gasteiger partial charge in [0.1, 0.15) is 0 Å². The molecule has 1 heterocycles.